The number of rotatable bonds is 29. The fourth-order valence-corrected chi connectivity index (χ4v) is 8.17. The number of nitrogen functional groups attached to an aromatic ring is 1. The summed E-state index contributed by atoms with van der Waals surface area (Å²) in [6.45, 7) is 5.49. The number of anilines is 1. The summed E-state index contributed by atoms with van der Waals surface area (Å²) in [6.07, 6.45) is 18.8. The third-order valence-electron chi connectivity index (χ3n) is 10.8. The molecule has 4 rings (SSSR count). The van der Waals surface area contributed by atoms with Crippen LogP contribution in [0.2, 0.25) is 0 Å². The molecule has 0 aromatic carbocycles. The van der Waals surface area contributed by atoms with Gasteiger partial charge in [-0.3, -0.25) is 14.0 Å². The van der Waals surface area contributed by atoms with Gasteiger partial charge in [0.25, 0.3) is 0 Å². The van der Waals surface area contributed by atoms with Crippen molar-refractivity contribution in [3.05, 3.63) is 53.7 Å². The molecule has 0 amide bonds. The van der Waals surface area contributed by atoms with E-state index < -0.39 is 43.9 Å². The Labute approximate surface area is 337 Å². The minimum absolute atomic E-state index is 0.0638. The molecule has 0 aliphatic carbocycles. The van der Waals surface area contributed by atoms with E-state index in [0.717, 1.165) is 19.3 Å². The lowest BCUT2D eigenvalue weighted by Gasteiger charge is -2.34. The molecule has 57 heavy (non-hydrogen) atoms. The third kappa shape index (κ3) is 14.6. The Morgan fingerprint density at radius 2 is 1.61 bits per heavy atom. The number of aliphatic hydroxyl groups is 2. The van der Waals surface area contributed by atoms with Crippen LogP contribution in [0.15, 0.2) is 36.9 Å². The minimum Gasteiger partial charge on any atom is -0.387 e. The number of fused-ring (bicyclic) bond motifs is 1. The number of phosphoric acid groups is 1. The standard InChI is InChI=1S/C41H65N6O9P/c1-4-5-6-7-8-9-10-11-12-13-14-15-16-17-18-19-22-52-28-34(53-27-33-23-32(24-42)25-44-26-33)29-54-57(50,51)56-31(2)41(3)39(49)37(48)38(55-41)35-20-21-36-40(43)45-30-46-47(35)36/h20-21,23,25-26,30-31,34,37-39,48-49H,4-19,22,27-29H2,1-3H3,(H,50,51)(H2,43,45,46)/t31-,34+,37-,38?,39-,41+/m0/s1. The van der Waals surface area contributed by atoms with E-state index in [2.05, 4.69) is 22.0 Å². The van der Waals surface area contributed by atoms with E-state index in [9.17, 15) is 24.9 Å². The summed E-state index contributed by atoms with van der Waals surface area (Å²) in [4.78, 5) is 18.8. The minimum atomic E-state index is -4.76. The summed E-state index contributed by atoms with van der Waals surface area (Å²) in [5.74, 6) is 0.224. The number of aliphatic hydroxyl groups excluding tert-OH is 2. The molecule has 1 fully saturated rings. The van der Waals surface area contributed by atoms with Crippen molar-refractivity contribution >= 4 is 19.2 Å². The van der Waals surface area contributed by atoms with Crippen molar-refractivity contribution in [2.75, 3.05) is 25.6 Å². The van der Waals surface area contributed by atoms with Crippen LogP contribution >= 0.6 is 7.82 Å². The van der Waals surface area contributed by atoms with E-state index in [-0.39, 0.29) is 25.6 Å². The SMILES string of the molecule is CCCCCCCCCCCCCCCCCCOC[C@H](COP(=O)(O)O[C@@H](C)[C@@]1(C)OC(c2ccc3c(N)ncnn23)[C@H](O)[C@@H]1O)OCc1cncc(C#N)c1. The molecule has 1 saturated heterocycles. The highest BCUT2D eigenvalue weighted by atomic mass is 31.2. The lowest BCUT2D eigenvalue weighted by atomic mass is 9.91. The van der Waals surface area contributed by atoms with E-state index in [1.54, 1.807) is 24.4 Å². The number of nitrogens with zero attached hydrogens (tertiary/aromatic N) is 5. The van der Waals surface area contributed by atoms with E-state index in [1.165, 1.54) is 114 Å². The van der Waals surface area contributed by atoms with Crippen molar-refractivity contribution in [1.29, 1.82) is 5.26 Å². The highest BCUT2D eigenvalue weighted by Crippen LogP contribution is 2.50. The van der Waals surface area contributed by atoms with Crippen LogP contribution in [0.25, 0.3) is 5.52 Å². The topological polar surface area (TPSA) is 217 Å². The molecule has 4 heterocycles. The summed E-state index contributed by atoms with van der Waals surface area (Å²) >= 11 is 0. The van der Waals surface area contributed by atoms with Gasteiger partial charge in [0.2, 0.25) is 0 Å². The smallest absolute Gasteiger partial charge is 0.387 e. The average molecular weight is 817 g/mol. The van der Waals surface area contributed by atoms with Crippen molar-refractivity contribution in [3.63, 3.8) is 0 Å². The van der Waals surface area contributed by atoms with Gasteiger partial charge >= 0.3 is 7.82 Å². The van der Waals surface area contributed by atoms with E-state index in [0.29, 0.717) is 28.9 Å². The zero-order valence-corrected chi connectivity index (χ0v) is 34.9. The average Bonchev–Trinajstić information content (AvgIpc) is 3.73. The van der Waals surface area contributed by atoms with E-state index >= 15 is 0 Å². The molecule has 3 aromatic heterocycles. The number of aromatic nitrogens is 4. The molecular formula is C41H65N6O9P. The third-order valence-corrected chi connectivity index (χ3v) is 11.8. The van der Waals surface area contributed by atoms with Crippen LogP contribution in [0.5, 0.6) is 0 Å². The summed E-state index contributed by atoms with van der Waals surface area (Å²) < 4.78 is 43.7. The van der Waals surface area contributed by atoms with Crippen LogP contribution < -0.4 is 5.73 Å². The zero-order chi connectivity index (χ0) is 41.1. The number of nitrogens with two attached hydrogens (primary N) is 1. The van der Waals surface area contributed by atoms with Crippen LogP contribution in [-0.4, -0.2) is 84.5 Å². The summed E-state index contributed by atoms with van der Waals surface area (Å²) in [5.41, 5.74) is 6.25. The lowest BCUT2D eigenvalue weighted by Crippen LogP contribution is -2.49. The van der Waals surface area contributed by atoms with Crippen molar-refractivity contribution in [1.82, 2.24) is 19.6 Å². The first-order valence-corrected chi connectivity index (χ1v) is 22.3. The maximum absolute atomic E-state index is 13.3. The second kappa shape index (κ2) is 24.1. The predicted molar refractivity (Wildman–Crippen MR) is 216 cm³/mol. The Balaban J connectivity index is 1.19. The van der Waals surface area contributed by atoms with Gasteiger partial charge in [-0.25, -0.2) is 14.1 Å². The Morgan fingerprint density at radius 3 is 2.25 bits per heavy atom. The number of unbranched alkanes of at least 4 members (excludes halogenated alkanes) is 15. The van der Waals surface area contributed by atoms with Crippen LogP contribution in [0.3, 0.4) is 0 Å². The number of phosphoric ester groups is 1. The number of hydrogen-bond donors (Lipinski definition) is 4. The molecule has 1 aliphatic heterocycles. The molecule has 5 N–H and O–H groups in total. The molecule has 0 saturated carbocycles. The Hall–Kier alpha value is -3.03. The number of ether oxygens (including phenoxy) is 3. The van der Waals surface area contributed by atoms with Crippen LogP contribution in [0.1, 0.15) is 146 Å². The second-order valence-electron chi connectivity index (χ2n) is 15.4. The van der Waals surface area contributed by atoms with Gasteiger partial charge in [0.05, 0.1) is 37.2 Å². The lowest BCUT2D eigenvalue weighted by molar-refractivity contribution is -0.134. The van der Waals surface area contributed by atoms with E-state index in [1.807, 2.05) is 6.07 Å². The maximum atomic E-state index is 13.3. The van der Waals surface area contributed by atoms with Gasteiger partial charge < -0.3 is 35.1 Å². The first-order valence-electron chi connectivity index (χ1n) is 20.8. The van der Waals surface area contributed by atoms with Gasteiger partial charge in [0, 0.05) is 19.0 Å². The van der Waals surface area contributed by atoms with Crippen LogP contribution in [0, 0.1) is 11.3 Å². The molecule has 0 radical (unpaired) electrons. The molecule has 15 nitrogen and oxygen atoms in total. The van der Waals surface area contributed by atoms with Gasteiger partial charge in [0.1, 0.15) is 47.9 Å². The molecule has 2 unspecified atom stereocenters. The molecule has 7 atom stereocenters. The van der Waals surface area contributed by atoms with Crippen molar-refractivity contribution in [3.8, 4) is 6.07 Å². The fraction of sp³-hybridized carbons (Fsp3) is 0.707. The molecule has 16 heteroatoms. The highest BCUT2D eigenvalue weighted by molar-refractivity contribution is 7.47. The Kier molecular flexibility index (Phi) is 19.8. The molecule has 3 aromatic rings. The molecular weight excluding hydrogens is 751 g/mol. The zero-order valence-electron chi connectivity index (χ0n) is 34.0. The molecule has 318 valence electrons. The maximum Gasteiger partial charge on any atom is 0.472 e. The van der Waals surface area contributed by atoms with Crippen molar-refractivity contribution in [2.45, 2.75) is 166 Å². The van der Waals surface area contributed by atoms with Gasteiger partial charge in [-0.2, -0.15) is 10.4 Å². The first-order chi connectivity index (χ1) is 27.5. The normalized spacial score (nSPS) is 21.7. The summed E-state index contributed by atoms with van der Waals surface area (Å²) in [6, 6.07) is 7.01. The monoisotopic (exact) mass is 816 g/mol. The largest absolute Gasteiger partial charge is 0.472 e. The highest BCUT2D eigenvalue weighted by Gasteiger charge is 2.57. The van der Waals surface area contributed by atoms with Gasteiger partial charge in [-0.1, -0.05) is 103 Å². The number of nitriles is 1. The Morgan fingerprint density at radius 1 is 0.982 bits per heavy atom. The summed E-state index contributed by atoms with van der Waals surface area (Å²) in [7, 11) is -4.76. The van der Waals surface area contributed by atoms with Crippen LogP contribution in [0.4, 0.5) is 5.82 Å². The number of pyridine rings is 1. The van der Waals surface area contributed by atoms with Crippen molar-refractivity contribution < 1.29 is 42.9 Å². The Bertz CT molecular complexity index is 1710. The predicted octanol–water partition coefficient (Wildman–Crippen LogP) is 7.52. The fourth-order valence-electron chi connectivity index (χ4n) is 7.14. The van der Waals surface area contributed by atoms with E-state index in [4.69, 9.17) is 29.0 Å². The van der Waals surface area contributed by atoms with Crippen LogP contribution in [-0.2, 0) is 34.4 Å². The van der Waals surface area contributed by atoms with Gasteiger partial charge in [0.15, 0.2) is 5.82 Å². The summed E-state index contributed by atoms with van der Waals surface area (Å²) in [5, 5.41) is 35.6. The first kappa shape index (κ1) is 46.7. The molecule has 0 bridgehead atoms. The molecule has 1 aliphatic rings. The van der Waals surface area contributed by atoms with Gasteiger partial charge in [-0.05, 0) is 44.0 Å². The molecule has 0 spiro atoms. The second-order valence-corrected chi connectivity index (χ2v) is 16.8. The van der Waals surface area contributed by atoms with Gasteiger partial charge in [-0.15, -0.1) is 0 Å². The quantitative estimate of drug-likeness (QED) is 0.0394. The number of hydrogen-bond acceptors (Lipinski definition) is 13. The van der Waals surface area contributed by atoms with Crippen molar-refractivity contribution in [2.24, 2.45) is 0 Å².